The van der Waals surface area contributed by atoms with E-state index >= 15 is 0 Å². The fraction of sp³-hybridized carbons (Fsp3) is 0.333. The zero-order valence-corrected chi connectivity index (χ0v) is 12.4. The highest BCUT2D eigenvalue weighted by molar-refractivity contribution is 5.84. The van der Waals surface area contributed by atoms with Crippen LogP contribution in [0.5, 0.6) is 5.75 Å². The van der Waals surface area contributed by atoms with Crippen LogP contribution < -0.4 is 20.7 Å². The van der Waals surface area contributed by atoms with Crippen molar-refractivity contribution < 1.29 is 19.4 Å². The van der Waals surface area contributed by atoms with Crippen molar-refractivity contribution in [3.05, 3.63) is 41.6 Å². The van der Waals surface area contributed by atoms with Crippen molar-refractivity contribution in [2.24, 2.45) is 0 Å². The molecular formula is C15H19N2O4-. The molecule has 1 aromatic carbocycles. The van der Waals surface area contributed by atoms with E-state index in [1.54, 1.807) is 0 Å². The maximum atomic E-state index is 11.6. The van der Waals surface area contributed by atoms with Crippen LogP contribution in [0.25, 0.3) is 0 Å². The molecule has 0 saturated heterocycles. The van der Waals surface area contributed by atoms with Crippen LogP contribution in [0.4, 0.5) is 0 Å². The second-order valence-corrected chi connectivity index (χ2v) is 4.92. The van der Waals surface area contributed by atoms with Crippen molar-refractivity contribution in [1.82, 2.24) is 10.9 Å². The van der Waals surface area contributed by atoms with Crippen LogP contribution in [0.2, 0.25) is 0 Å². The Bertz CT molecular complexity index is 553. The van der Waals surface area contributed by atoms with Gasteiger partial charge < -0.3 is 14.6 Å². The van der Waals surface area contributed by atoms with E-state index in [4.69, 9.17) is 4.74 Å². The smallest absolute Gasteiger partial charge is 0.276 e. The molecule has 0 unspecified atom stereocenters. The lowest BCUT2D eigenvalue weighted by atomic mass is 10.0. The number of carbonyl (C=O) groups is 2. The van der Waals surface area contributed by atoms with E-state index < -0.39 is 17.6 Å². The number of rotatable bonds is 7. The minimum absolute atomic E-state index is 0.240. The number of hydrogen-bond donors (Lipinski definition) is 2. The van der Waals surface area contributed by atoms with Crippen LogP contribution in [0.1, 0.15) is 30.9 Å². The number of carboxylic acid groups (broad SMARTS) is 1. The molecule has 0 spiro atoms. The van der Waals surface area contributed by atoms with Crippen LogP contribution in [0.15, 0.2) is 30.5 Å². The Balaban J connectivity index is 2.59. The van der Waals surface area contributed by atoms with E-state index in [-0.39, 0.29) is 12.5 Å². The average molecular weight is 291 g/mol. The monoisotopic (exact) mass is 291 g/mol. The quantitative estimate of drug-likeness (QED) is 0.560. The van der Waals surface area contributed by atoms with Crippen molar-refractivity contribution in [1.29, 1.82) is 0 Å². The van der Waals surface area contributed by atoms with Crippen molar-refractivity contribution in [2.45, 2.75) is 26.7 Å². The van der Waals surface area contributed by atoms with Gasteiger partial charge in [-0.2, -0.15) is 0 Å². The number of carbonyl (C=O) groups excluding carboxylic acids is 2. The van der Waals surface area contributed by atoms with Crippen molar-refractivity contribution in [3.63, 3.8) is 0 Å². The molecule has 0 heterocycles. The van der Waals surface area contributed by atoms with Gasteiger partial charge in [0.15, 0.2) is 6.61 Å². The predicted octanol–water partition coefficient (Wildman–Crippen LogP) is 0.382. The van der Waals surface area contributed by atoms with Crippen LogP contribution >= 0.6 is 0 Å². The number of carboxylic acids is 1. The zero-order chi connectivity index (χ0) is 16.0. The summed E-state index contributed by atoms with van der Waals surface area (Å²) in [5.41, 5.74) is 5.89. The van der Waals surface area contributed by atoms with Gasteiger partial charge in [-0.15, -0.1) is 0 Å². The summed E-state index contributed by atoms with van der Waals surface area (Å²) < 4.78 is 5.49. The van der Waals surface area contributed by atoms with Gasteiger partial charge in [-0.25, -0.2) is 0 Å². The third-order valence-corrected chi connectivity index (χ3v) is 2.75. The third-order valence-electron chi connectivity index (χ3n) is 2.75. The van der Waals surface area contributed by atoms with Gasteiger partial charge in [0, 0.05) is 0 Å². The molecule has 6 nitrogen and oxygen atoms in total. The first kappa shape index (κ1) is 16.6. The van der Waals surface area contributed by atoms with Crippen LogP contribution in [-0.4, -0.2) is 18.5 Å². The van der Waals surface area contributed by atoms with Gasteiger partial charge in [0.05, 0.1) is 11.7 Å². The Morgan fingerprint density at radius 1 is 1.33 bits per heavy atom. The highest BCUT2D eigenvalue weighted by Crippen LogP contribution is 2.27. The first-order valence-electron chi connectivity index (χ1n) is 6.49. The van der Waals surface area contributed by atoms with Crippen LogP contribution in [0.3, 0.4) is 0 Å². The SMILES string of the molecule is C=C(NNC(=O)COc1cc(C)ccc1C(C)C)C(=O)[O-]. The molecule has 0 aliphatic rings. The second-order valence-electron chi connectivity index (χ2n) is 4.92. The van der Waals surface area contributed by atoms with Crippen LogP contribution in [-0.2, 0) is 9.59 Å². The molecule has 0 atom stereocenters. The molecule has 1 aromatic rings. The number of aliphatic carboxylic acids is 1. The number of amides is 1. The largest absolute Gasteiger partial charge is 0.543 e. The fourth-order valence-electron chi connectivity index (χ4n) is 1.62. The maximum absolute atomic E-state index is 11.6. The maximum Gasteiger partial charge on any atom is 0.276 e. The van der Waals surface area contributed by atoms with E-state index in [2.05, 4.69) is 17.4 Å². The lowest BCUT2D eigenvalue weighted by Gasteiger charge is -2.15. The molecule has 1 rings (SSSR count). The summed E-state index contributed by atoms with van der Waals surface area (Å²) in [6.07, 6.45) is 0. The molecular weight excluding hydrogens is 272 g/mol. The van der Waals surface area contributed by atoms with Crippen LogP contribution in [0, 0.1) is 6.92 Å². The minimum atomic E-state index is -1.49. The van der Waals surface area contributed by atoms with Gasteiger partial charge in [-0.05, 0) is 30.0 Å². The minimum Gasteiger partial charge on any atom is -0.543 e. The summed E-state index contributed by atoms with van der Waals surface area (Å²) >= 11 is 0. The molecule has 114 valence electrons. The van der Waals surface area contributed by atoms with E-state index in [1.807, 2.05) is 39.0 Å². The van der Waals surface area contributed by atoms with E-state index in [9.17, 15) is 14.7 Å². The Morgan fingerprint density at radius 2 is 2.00 bits per heavy atom. The molecule has 0 saturated carbocycles. The molecule has 0 aliphatic heterocycles. The van der Waals surface area contributed by atoms with Crippen molar-refractivity contribution in [2.75, 3.05) is 6.61 Å². The summed E-state index contributed by atoms with van der Waals surface area (Å²) in [4.78, 5) is 21.9. The molecule has 1 amide bonds. The van der Waals surface area contributed by atoms with Gasteiger partial charge >= 0.3 is 0 Å². The number of hydrogen-bond acceptors (Lipinski definition) is 5. The van der Waals surface area contributed by atoms with Gasteiger partial charge in [0.25, 0.3) is 5.91 Å². The number of aryl methyl sites for hydroxylation is 1. The summed E-state index contributed by atoms with van der Waals surface area (Å²) in [6.45, 7) is 8.92. The molecule has 0 aliphatic carbocycles. The van der Waals surface area contributed by atoms with Gasteiger partial charge in [-0.3, -0.25) is 15.6 Å². The lowest BCUT2D eigenvalue weighted by molar-refractivity contribution is -0.299. The number of benzene rings is 1. The van der Waals surface area contributed by atoms with Crippen molar-refractivity contribution >= 4 is 11.9 Å². The van der Waals surface area contributed by atoms with Gasteiger partial charge in [0.2, 0.25) is 0 Å². The molecule has 2 N–H and O–H groups in total. The molecule has 21 heavy (non-hydrogen) atoms. The van der Waals surface area contributed by atoms with E-state index in [0.717, 1.165) is 11.1 Å². The number of hydrazine groups is 1. The number of ether oxygens (including phenoxy) is 1. The Hall–Kier alpha value is -2.50. The third kappa shape index (κ3) is 5.18. The normalized spacial score (nSPS) is 10.1. The Morgan fingerprint density at radius 3 is 2.57 bits per heavy atom. The first-order chi connectivity index (χ1) is 9.81. The summed E-state index contributed by atoms with van der Waals surface area (Å²) in [7, 11) is 0. The van der Waals surface area contributed by atoms with Crippen molar-refractivity contribution in [3.8, 4) is 5.75 Å². The fourth-order valence-corrected chi connectivity index (χ4v) is 1.62. The Kier molecular flexibility index (Phi) is 5.78. The summed E-state index contributed by atoms with van der Waals surface area (Å²) in [5.74, 6) is -1.11. The molecule has 0 fully saturated rings. The predicted molar refractivity (Wildman–Crippen MR) is 76.2 cm³/mol. The summed E-state index contributed by atoms with van der Waals surface area (Å²) in [6, 6.07) is 5.80. The second kappa shape index (κ2) is 7.33. The zero-order valence-electron chi connectivity index (χ0n) is 12.4. The van der Waals surface area contributed by atoms with Gasteiger partial charge in [-0.1, -0.05) is 32.6 Å². The lowest BCUT2D eigenvalue weighted by Crippen LogP contribution is -2.44. The summed E-state index contributed by atoms with van der Waals surface area (Å²) in [5, 5.41) is 10.4. The molecule has 6 heteroatoms. The molecule has 0 bridgehead atoms. The first-order valence-corrected chi connectivity index (χ1v) is 6.49. The highest BCUT2D eigenvalue weighted by Gasteiger charge is 2.10. The van der Waals surface area contributed by atoms with E-state index in [0.29, 0.717) is 5.75 Å². The standard InChI is InChI=1S/C15H20N2O4/c1-9(2)12-6-5-10(3)7-13(12)21-8-14(18)17-16-11(4)15(19)20/h5-7,9,16H,4,8H2,1-3H3,(H,17,18)(H,19,20)/p-1. The Labute approximate surface area is 123 Å². The van der Waals surface area contributed by atoms with Gasteiger partial charge in [0.1, 0.15) is 5.75 Å². The molecule has 0 radical (unpaired) electrons. The topological polar surface area (TPSA) is 90.5 Å². The molecule has 0 aromatic heterocycles. The average Bonchev–Trinajstić information content (AvgIpc) is 2.41. The number of nitrogens with one attached hydrogen (secondary N) is 2. The van der Waals surface area contributed by atoms with E-state index in [1.165, 1.54) is 0 Å². The highest BCUT2D eigenvalue weighted by atomic mass is 16.5.